The fourth-order valence-corrected chi connectivity index (χ4v) is 3.47. The summed E-state index contributed by atoms with van der Waals surface area (Å²) in [6.07, 6.45) is -4.38. The number of halogens is 3. The minimum Gasteiger partial charge on any atom is -0.481 e. The van der Waals surface area contributed by atoms with Crippen LogP contribution in [0.3, 0.4) is 0 Å². The van der Waals surface area contributed by atoms with Crippen LogP contribution < -0.4 is 10.4 Å². The Labute approximate surface area is 165 Å². The van der Waals surface area contributed by atoms with E-state index in [-0.39, 0.29) is 32.1 Å². The molecule has 0 bridgehead atoms. The van der Waals surface area contributed by atoms with E-state index >= 15 is 0 Å². The van der Waals surface area contributed by atoms with Crippen molar-refractivity contribution in [2.45, 2.75) is 32.5 Å². The monoisotopic (exact) mass is 412 g/mol. The Morgan fingerprint density at radius 3 is 2.52 bits per heavy atom. The first-order valence-electron chi connectivity index (χ1n) is 9.47. The van der Waals surface area contributed by atoms with Crippen LogP contribution in [0.15, 0.2) is 33.5 Å². The first-order chi connectivity index (χ1) is 13.7. The molecule has 1 unspecified atom stereocenters. The van der Waals surface area contributed by atoms with Crippen LogP contribution in [-0.2, 0) is 11.2 Å². The fourth-order valence-electron chi connectivity index (χ4n) is 3.47. The van der Waals surface area contributed by atoms with Crippen LogP contribution in [0.25, 0.3) is 11.0 Å². The second-order valence-corrected chi connectivity index (χ2v) is 7.08. The van der Waals surface area contributed by atoms with E-state index < -0.39 is 24.5 Å². The average Bonchev–Trinajstić information content (AvgIpc) is 2.65. The molecule has 2 heterocycles. The molecule has 0 saturated carbocycles. The summed E-state index contributed by atoms with van der Waals surface area (Å²) in [7, 11) is 0. The standard InChI is InChI=1S/C20H23F3N2O4/c1-3-14-10-18(26)29-17-11-15(4-5-16(14)17)28-13(2)19(27)25-8-6-24(7-9-25)12-20(21,22)23/h4-5,10-11,13H,3,6-9,12H2,1-2H3. The lowest BCUT2D eigenvalue weighted by atomic mass is 10.1. The van der Waals surface area contributed by atoms with Gasteiger partial charge in [0, 0.05) is 43.7 Å². The maximum absolute atomic E-state index is 12.6. The normalized spacial score (nSPS) is 16.8. The van der Waals surface area contributed by atoms with Gasteiger partial charge in [-0.25, -0.2) is 4.79 Å². The van der Waals surface area contributed by atoms with E-state index in [1.165, 1.54) is 15.9 Å². The number of carbonyl (C=O) groups excluding carboxylic acids is 1. The van der Waals surface area contributed by atoms with Crippen molar-refractivity contribution in [2.75, 3.05) is 32.7 Å². The zero-order valence-electron chi connectivity index (χ0n) is 16.3. The van der Waals surface area contributed by atoms with Crippen LogP contribution in [-0.4, -0.2) is 60.7 Å². The van der Waals surface area contributed by atoms with Crippen molar-refractivity contribution in [1.82, 2.24) is 9.80 Å². The summed E-state index contributed by atoms with van der Waals surface area (Å²) in [6.45, 7) is 3.33. The van der Waals surface area contributed by atoms with E-state index in [0.717, 1.165) is 10.9 Å². The summed E-state index contributed by atoms with van der Waals surface area (Å²) >= 11 is 0. The number of fused-ring (bicyclic) bond motifs is 1. The lowest BCUT2D eigenvalue weighted by Gasteiger charge is -2.36. The topological polar surface area (TPSA) is 63.0 Å². The smallest absolute Gasteiger partial charge is 0.401 e. The average molecular weight is 412 g/mol. The molecule has 158 valence electrons. The summed E-state index contributed by atoms with van der Waals surface area (Å²) in [5.41, 5.74) is 0.795. The van der Waals surface area contributed by atoms with Gasteiger partial charge in [0.25, 0.3) is 5.91 Å². The number of nitrogens with zero attached hydrogens (tertiary/aromatic N) is 2. The van der Waals surface area contributed by atoms with Crippen molar-refractivity contribution >= 4 is 16.9 Å². The highest BCUT2D eigenvalue weighted by Crippen LogP contribution is 2.24. The molecule has 0 N–H and O–H groups in total. The predicted molar refractivity (Wildman–Crippen MR) is 101 cm³/mol. The Morgan fingerprint density at radius 2 is 1.90 bits per heavy atom. The molecule has 1 saturated heterocycles. The third kappa shape index (κ3) is 5.29. The number of carbonyl (C=O) groups is 1. The van der Waals surface area contributed by atoms with Gasteiger partial charge in [-0.15, -0.1) is 0 Å². The zero-order chi connectivity index (χ0) is 21.2. The second kappa shape index (κ2) is 8.44. The number of hydrogen-bond acceptors (Lipinski definition) is 5. The number of amides is 1. The summed E-state index contributed by atoms with van der Waals surface area (Å²) < 4.78 is 48.4. The number of ether oxygens (including phenoxy) is 1. The Kier molecular flexibility index (Phi) is 6.16. The van der Waals surface area contributed by atoms with Gasteiger partial charge in [0.05, 0.1) is 6.54 Å². The first-order valence-corrected chi connectivity index (χ1v) is 9.47. The molecule has 1 fully saturated rings. The summed E-state index contributed by atoms with van der Waals surface area (Å²) in [5.74, 6) is 0.0889. The Balaban J connectivity index is 1.63. The lowest BCUT2D eigenvalue weighted by Crippen LogP contribution is -2.53. The lowest BCUT2D eigenvalue weighted by molar-refractivity contribution is -0.153. The molecule has 1 atom stereocenters. The predicted octanol–water partition coefficient (Wildman–Crippen LogP) is 2.83. The molecule has 29 heavy (non-hydrogen) atoms. The molecule has 9 heteroatoms. The molecule has 1 amide bonds. The molecule has 6 nitrogen and oxygen atoms in total. The third-order valence-corrected chi connectivity index (χ3v) is 4.93. The number of rotatable bonds is 5. The largest absolute Gasteiger partial charge is 0.481 e. The highest BCUT2D eigenvalue weighted by Gasteiger charge is 2.33. The molecular weight excluding hydrogens is 389 g/mol. The minimum absolute atomic E-state index is 0.166. The van der Waals surface area contributed by atoms with Crippen molar-refractivity contribution in [2.24, 2.45) is 0 Å². The molecule has 3 rings (SSSR count). The second-order valence-electron chi connectivity index (χ2n) is 7.08. The van der Waals surface area contributed by atoms with E-state index in [1.807, 2.05) is 6.92 Å². The summed E-state index contributed by atoms with van der Waals surface area (Å²) in [6, 6.07) is 6.50. The molecule has 1 aromatic heterocycles. The molecule has 1 aliphatic rings. The van der Waals surface area contributed by atoms with Crippen molar-refractivity contribution < 1.29 is 27.1 Å². The van der Waals surface area contributed by atoms with Gasteiger partial charge in [-0.1, -0.05) is 6.92 Å². The van der Waals surface area contributed by atoms with Crippen molar-refractivity contribution in [1.29, 1.82) is 0 Å². The quantitative estimate of drug-likeness (QED) is 0.707. The maximum atomic E-state index is 12.6. The number of aryl methyl sites for hydroxylation is 1. The van der Waals surface area contributed by atoms with Gasteiger partial charge < -0.3 is 14.1 Å². The van der Waals surface area contributed by atoms with E-state index in [9.17, 15) is 22.8 Å². The van der Waals surface area contributed by atoms with Gasteiger partial charge in [0.1, 0.15) is 11.3 Å². The van der Waals surface area contributed by atoms with Crippen LogP contribution in [0.5, 0.6) is 5.75 Å². The molecule has 0 radical (unpaired) electrons. The maximum Gasteiger partial charge on any atom is 0.401 e. The number of piperazine rings is 1. The third-order valence-electron chi connectivity index (χ3n) is 4.93. The molecular formula is C20H23F3N2O4. The van der Waals surface area contributed by atoms with Gasteiger partial charge >= 0.3 is 11.8 Å². The van der Waals surface area contributed by atoms with Crippen LogP contribution in [0.2, 0.25) is 0 Å². The SMILES string of the molecule is CCc1cc(=O)oc2cc(OC(C)C(=O)N3CCN(CC(F)(F)F)CC3)ccc12. The highest BCUT2D eigenvalue weighted by molar-refractivity contribution is 5.83. The Morgan fingerprint density at radius 1 is 1.21 bits per heavy atom. The fraction of sp³-hybridized carbons (Fsp3) is 0.500. The molecule has 0 spiro atoms. The van der Waals surface area contributed by atoms with E-state index in [1.54, 1.807) is 25.1 Å². The number of hydrogen-bond donors (Lipinski definition) is 0. The highest BCUT2D eigenvalue weighted by atomic mass is 19.4. The van der Waals surface area contributed by atoms with Crippen LogP contribution in [0.4, 0.5) is 13.2 Å². The molecule has 0 aliphatic carbocycles. The van der Waals surface area contributed by atoms with Crippen LogP contribution >= 0.6 is 0 Å². The molecule has 1 aromatic carbocycles. The van der Waals surface area contributed by atoms with Crippen molar-refractivity contribution in [3.8, 4) is 5.75 Å². The molecule has 2 aromatic rings. The Hall–Kier alpha value is -2.55. The molecule has 1 aliphatic heterocycles. The van der Waals surface area contributed by atoms with Gasteiger partial charge in [-0.05, 0) is 31.0 Å². The van der Waals surface area contributed by atoms with Gasteiger partial charge in [-0.2, -0.15) is 13.2 Å². The van der Waals surface area contributed by atoms with Gasteiger partial charge in [0.15, 0.2) is 6.10 Å². The minimum atomic E-state index is -4.24. The van der Waals surface area contributed by atoms with E-state index in [4.69, 9.17) is 9.15 Å². The van der Waals surface area contributed by atoms with Crippen LogP contribution in [0.1, 0.15) is 19.4 Å². The summed E-state index contributed by atoms with van der Waals surface area (Å²) in [4.78, 5) is 27.1. The van der Waals surface area contributed by atoms with Gasteiger partial charge in [-0.3, -0.25) is 9.69 Å². The van der Waals surface area contributed by atoms with E-state index in [2.05, 4.69) is 0 Å². The zero-order valence-corrected chi connectivity index (χ0v) is 16.3. The Bertz CT molecular complexity index is 933. The van der Waals surface area contributed by atoms with Crippen molar-refractivity contribution in [3.05, 3.63) is 40.2 Å². The number of alkyl halides is 3. The van der Waals surface area contributed by atoms with Crippen molar-refractivity contribution in [3.63, 3.8) is 0 Å². The van der Waals surface area contributed by atoms with E-state index in [0.29, 0.717) is 17.8 Å². The van der Waals surface area contributed by atoms with Gasteiger partial charge in [0.2, 0.25) is 0 Å². The first kappa shape index (κ1) is 21.2. The van der Waals surface area contributed by atoms with Crippen LogP contribution in [0, 0.1) is 0 Å². The summed E-state index contributed by atoms with van der Waals surface area (Å²) in [5, 5.41) is 0.805. The number of benzene rings is 1.